The van der Waals surface area contributed by atoms with Crippen LogP contribution < -0.4 is 14.5 Å². The molecule has 11 heteroatoms. The number of carbonyl (C=O) groups is 1. The van der Waals surface area contributed by atoms with E-state index in [0.717, 1.165) is 49.3 Å². The van der Waals surface area contributed by atoms with E-state index in [1.54, 1.807) is 13.0 Å². The third kappa shape index (κ3) is 6.90. The van der Waals surface area contributed by atoms with Crippen LogP contribution in [0.5, 0.6) is 0 Å². The molecule has 1 heterocycles. The van der Waals surface area contributed by atoms with Gasteiger partial charge in [-0.05, 0) is 73.7 Å². The van der Waals surface area contributed by atoms with E-state index in [9.17, 15) is 26.4 Å². The zero-order valence-electron chi connectivity index (χ0n) is 22.2. The Morgan fingerprint density at radius 2 is 1.68 bits per heavy atom. The number of anilines is 2. The molecule has 0 spiro atoms. The minimum atomic E-state index is -4.74. The largest absolute Gasteiger partial charge is 0.416 e. The summed E-state index contributed by atoms with van der Waals surface area (Å²) in [4.78, 5) is 15.3. The van der Waals surface area contributed by atoms with E-state index in [1.165, 1.54) is 24.3 Å². The maximum atomic E-state index is 13.5. The van der Waals surface area contributed by atoms with Gasteiger partial charge in [-0.1, -0.05) is 48.9 Å². The molecule has 4 rings (SSSR count). The van der Waals surface area contributed by atoms with Crippen molar-refractivity contribution in [3.05, 3.63) is 88.9 Å². The molecule has 1 N–H and O–H groups in total. The molecule has 1 aliphatic heterocycles. The molecule has 3 aromatic rings. The number of nitrogens with zero attached hydrogens (tertiary/aromatic N) is 2. The second kappa shape index (κ2) is 12.1. The molecule has 1 amide bonds. The van der Waals surface area contributed by atoms with E-state index in [1.807, 2.05) is 24.3 Å². The number of carbonyl (C=O) groups excluding carboxylic acids is 1. The average molecular weight is 594 g/mol. The molecular weight excluding hydrogens is 563 g/mol. The Morgan fingerprint density at radius 3 is 2.27 bits per heavy atom. The van der Waals surface area contributed by atoms with Gasteiger partial charge in [0, 0.05) is 18.8 Å². The number of amides is 1. The van der Waals surface area contributed by atoms with Crippen LogP contribution >= 0.6 is 11.6 Å². The second-order valence-corrected chi connectivity index (χ2v) is 12.3. The van der Waals surface area contributed by atoms with Gasteiger partial charge in [-0.2, -0.15) is 13.2 Å². The summed E-state index contributed by atoms with van der Waals surface area (Å²) in [7, 11) is -4.44. The van der Waals surface area contributed by atoms with E-state index < -0.39 is 45.9 Å². The maximum Gasteiger partial charge on any atom is 0.416 e. The number of hydrogen-bond acceptors (Lipinski definition) is 4. The topological polar surface area (TPSA) is 69.7 Å². The molecule has 40 heavy (non-hydrogen) atoms. The lowest BCUT2D eigenvalue weighted by atomic mass is 9.98. The van der Waals surface area contributed by atoms with Crippen molar-refractivity contribution in [2.24, 2.45) is 5.92 Å². The number of piperidine rings is 1. The van der Waals surface area contributed by atoms with Crippen molar-refractivity contribution in [1.82, 2.24) is 5.32 Å². The van der Waals surface area contributed by atoms with Gasteiger partial charge in [0.1, 0.15) is 6.54 Å². The highest BCUT2D eigenvalue weighted by atomic mass is 35.5. The molecule has 0 radical (unpaired) electrons. The first-order valence-corrected chi connectivity index (χ1v) is 14.8. The SMILES string of the molecule is CC1CCN(c2ccc(C(C)NC(=O)CN(c3cc(C(F)(F)F)ccc3Cl)S(=O)(=O)c3ccccc3)cc2)CC1. The predicted octanol–water partition coefficient (Wildman–Crippen LogP) is 6.67. The van der Waals surface area contributed by atoms with Crippen molar-refractivity contribution in [3.63, 3.8) is 0 Å². The van der Waals surface area contributed by atoms with Crippen molar-refractivity contribution in [2.75, 3.05) is 28.8 Å². The van der Waals surface area contributed by atoms with Crippen molar-refractivity contribution in [3.8, 4) is 0 Å². The molecule has 0 saturated carbocycles. The molecule has 0 aliphatic carbocycles. The van der Waals surface area contributed by atoms with Gasteiger partial charge >= 0.3 is 6.18 Å². The van der Waals surface area contributed by atoms with Crippen LogP contribution in [-0.2, 0) is 21.0 Å². The van der Waals surface area contributed by atoms with Crippen molar-refractivity contribution in [1.29, 1.82) is 0 Å². The van der Waals surface area contributed by atoms with E-state index in [4.69, 9.17) is 11.6 Å². The van der Waals surface area contributed by atoms with Gasteiger partial charge < -0.3 is 10.2 Å². The van der Waals surface area contributed by atoms with E-state index in [0.29, 0.717) is 16.3 Å². The summed E-state index contributed by atoms with van der Waals surface area (Å²) in [5, 5.41) is 2.53. The fourth-order valence-electron chi connectivity index (χ4n) is 4.64. The maximum absolute atomic E-state index is 13.5. The van der Waals surface area contributed by atoms with Gasteiger partial charge in [-0.15, -0.1) is 0 Å². The first kappa shape index (κ1) is 29.7. The summed E-state index contributed by atoms with van der Waals surface area (Å²) in [5.41, 5.74) is 0.367. The number of sulfonamides is 1. The molecule has 0 aromatic heterocycles. The molecule has 1 aliphatic rings. The van der Waals surface area contributed by atoms with Crippen LogP contribution in [0, 0.1) is 5.92 Å². The zero-order chi connectivity index (χ0) is 29.1. The van der Waals surface area contributed by atoms with Crippen LogP contribution in [0.1, 0.15) is 43.9 Å². The molecule has 1 fully saturated rings. The monoisotopic (exact) mass is 593 g/mol. The summed E-state index contributed by atoms with van der Waals surface area (Å²) in [6, 6.07) is 16.8. The predicted molar refractivity (Wildman–Crippen MR) is 151 cm³/mol. The minimum Gasteiger partial charge on any atom is -0.372 e. The third-order valence-electron chi connectivity index (χ3n) is 7.08. The van der Waals surface area contributed by atoms with E-state index in [2.05, 4.69) is 17.1 Å². The molecule has 214 valence electrons. The van der Waals surface area contributed by atoms with Crippen molar-refractivity contribution in [2.45, 2.75) is 43.8 Å². The summed E-state index contributed by atoms with van der Waals surface area (Å²) >= 11 is 6.20. The highest BCUT2D eigenvalue weighted by molar-refractivity contribution is 7.92. The number of benzene rings is 3. The summed E-state index contributed by atoms with van der Waals surface area (Å²) in [5.74, 6) is 0.0106. The van der Waals surface area contributed by atoms with Crippen LogP contribution in [0.2, 0.25) is 5.02 Å². The molecule has 1 saturated heterocycles. The van der Waals surface area contributed by atoms with Gasteiger partial charge in [-0.3, -0.25) is 9.10 Å². The van der Waals surface area contributed by atoms with Gasteiger partial charge in [0.2, 0.25) is 5.91 Å². The summed E-state index contributed by atoms with van der Waals surface area (Å²) in [6.45, 7) is 5.20. The fourth-order valence-corrected chi connectivity index (χ4v) is 6.36. The molecule has 1 atom stereocenters. The molecule has 1 unspecified atom stereocenters. The summed E-state index contributed by atoms with van der Waals surface area (Å²) in [6.07, 6.45) is -2.48. The molecule has 0 bridgehead atoms. The molecule has 3 aromatic carbocycles. The minimum absolute atomic E-state index is 0.188. The van der Waals surface area contributed by atoms with Crippen LogP contribution in [0.4, 0.5) is 24.5 Å². The van der Waals surface area contributed by atoms with Crippen molar-refractivity contribution >= 4 is 38.9 Å². The van der Waals surface area contributed by atoms with E-state index >= 15 is 0 Å². The quantitative estimate of drug-likeness (QED) is 0.317. The first-order valence-electron chi connectivity index (χ1n) is 12.9. The Kier molecular flexibility index (Phi) is 8.99. The standard InChI is InChI=1S/C29H31ClF3N3O3S/c1-20-14-16-35(17-15-20)24-11-8-22(9-12-24)21(2)34-28(37)19-36(40(38,39)25-6-4-3-5-7-25)27-18-23(29(31,32)33)10-13-26(27)30/h3-13,18,20-21H,14-17,19H2,1-2H3,(H,34,37). The van der Waals surface area contributed by atoms with Gasteiger partial charge in [0.05, 0.1) is 27.2 Å². The lowest BCUT2D eigenvalue weighted by molar-refractivity contribution is -0.137. The average Bonchev–Trinajstić information content (AvgIpc) is 2.92. The van der Waals surface area contributed by atoms with Crippen molar-refractivity contribution < 1.29 is 26.4 Å². The third-order valence-corrected chi connectivity index (χ3v) is 9.17. The Morgan fingerprint density at radius 1 is 1.05 bits per heavy atom. The Labute approximate surface area is 237 Å². The highest BCUT2D eigenvalue weighted by Gasteiger charge is 2.34. The van der Waals surface area contributed by atoms with Gasteiger partial charge in [-0.25, -0.2) is 8.42 Å². The Bertz CT molecular complexity index is 1430. The number of alkyl halides is 3. The smallest absolute Gasteiger partial charge is 0.372 e. The molecular formula is C29H31ClF3N3O3S. The first-order chi connectivity index (χ1) is 18.9. The lowest BCUT2D eigenvalue weighted by Gasteiger charge is -2.32. The number of rotatable bonds is 8. The van der Waals surface area contributed by atoms with Gasteiger partial charge in [0.15, 0.2) is 0 Å². The fraction of sp³-hybridized carbons (Fsp3) is 0.345. The Balaban J connectivity index is 1.56. The number of hydrogen-bond donors (Lipinski definition) is 1. The normalized spacial score (nSPS) is 15.5. The molecule has 6 nitrogen and oxygen atoms in total. The summed E-state index contributed by atoms with van der Waals surface area (Å²) < 4.78 is 68.1. The van der Waals surface area contributed by atoms with Crippen LogP contribution in [0.15, 0.2) is 77.7 Å². The number of nitrogens with one attached hydrogen (secondary N) is 1. The van der Waals surface area contributed by atoms with E-state index in [-0.39, 0.29) is 9.92 Å². The second-order valence-electron chi connectivity index (χ2n) is 10.0. The highest BCUT2D eigenvalue weighted by Crippen LogP contribution is 2.37. The van der Waals surface area contributed by atoms with Crippen LogP contribution in [0.3, 0.4) is 0 Å². The van der Waals surface area contributed by atoms with Crippen LogP contribution in [0.25, 0.3) is 0 Å². The zero-order valence-corrected chi connectivity index (χ0v) is 23.7. The van der Waals surface area contributed by atoms with Gasteiger partial charge in [0.25, 0.3) is 10.0 Å². The van der Waals surface area contributed by atoms with Crippen LogP contribution in [-0.4, -0.2) is 34.0 Å². The lowest BCUT2D eigenvalue weighted by Crippen LogP contribution is -2.41. The number of halogens is 4. The Hall–Kier alpha value is -3.24.